The Hall–Kier alpha value is -0.730. The number of hydrogen-bond acceptors (Lipinski definition) is 2. The molecule has 1 heterocycles. The number of rotatable bonds is 5. The van der Waals surface area contributed by atoms with Crippen molar-refractivity contribution in [3.63, 3.8) is 0 Å². The molecular formula is C16H25ClN2. The number of benzene rings is 1. The first-order chi connectivity index (χ1) is 9.10. The molecule has 0 spiro atoms. The average molecular weight is 281 g/mol. The van der Waals surface area contributed by atoms with Crippen molar-refractivity contribution in [2.45, 2.75) is 46.2 Å². The van der Waals surface area contributed by atoms with Crippen molar-refractivity contribution in [3.05, 3.63) is 28.8 Å². The lowest BCUT2D eigenvalue weighted by Gasteiger charge is -2.23. The Morgan fingerprint density at radius 3 is 2.84 bits per heavy atom. The van der Waals surface area contributed by atoms with Crippen molar-refractivity contribution in [1.29, 1.82) is 0 Å². The molecule has 0 saturated carbocycles. The molecule has 1 aliphatic heterocycles. The second-order valence-corrected chi connectivity index (χ2v) is 6.25. The van der Waals surface area contributed by atoms with Gasteiger partial charge in [-0.05, 0) is 30.0 Å². The summed E-state index contributed by atoms with van der Waals surface area (Å²) >= 11 is 6.18. The van der Waals surface area contributed by atoms with Crippen molar-refractivity contribution in [1.82, 2.24) is 5.32 Å². The van der Waals surface area contributed by atoms with E-state index in [0.29, 0.717) is 6.04 Å². The maximum Gasteiger partial charge on any atom is 0.0426 e. The maximum atomic E-state index is 6.18. The summed E-state index contributed by atoms with van der Waals surface area (Å²) in [6.45, 7) is 9.89. The molecule has 1 fully saturated rings. The molecule has 1 atom stereocenters. The van der Waals surface area contributed by atoms with E-state index < -0.39 is 0 Å². The Balaban J connectivity index is 2.15. The molecule has 1 saturated heterocycles. The van der Waals surface area contributed by atoms with Crippen LogP contribution >= 0.6 is 11.6 Å². The van der Waals surface area contributed by atoms with E-state index in [0.717, 1.165) is 24.0 Å². The van der Waals surface area contributed by atoms with Gasteiger partial charge in [0.25, 0.3) is 0 Å². The normalized spacial score (nSPS) is 19.4. The molecule has 1 N–H and O–H groups in total. The molecule has 1 aromatic carbocycles. The van der Waals surface area contributed by atoms with E-state index in [1.807, 2.05) is 6.07 Å². The summed E-state index contributed by atoms with van der Waals surface area (Å²) in [6.07, 6.45) is 2.58. The largest absolute Gasteiger partial charge is 0.371 e. The van der Waals surface area contributed by atoms with Crippen LogP contribution in [-0.4, -0.2) is 19.1 Å². The topological polar surface area (TPSA) is 15.3 Å². The zero-order valence-electron chi connectivity index (χ0n) is 12.2. The lowest BCUT2D eigenvalue weighted by Crippen LogP contribution is -2.25. The molecule has 0 radical (unpaired) electrons. The molecule has 1 unspecified atom stereocenters. The molecular weight excluding hydrogens is 256 g/mol. The fourth-order valence-electron chi connectivity index (χ4n) is 2.68. The van der Waals surface area contributed by atoms with Gasteiger partial charge in [0.05, 0.1) is 0 Å². The lowest BCUT2D eigenvalue weighted by molar-refractivity contribution is 0.568. The summed E-state index contributed by atoms with van der Waals surface area (Å²) in [5.74, 6) is 0.838. The number of anilines is 1. The predicted octanol–water partition coefficient (Wildman–Crippen LogP) is 4.07. The monoisotopic (exact) mass is 280 g/mol. The average Bonchev–Trinajstić information content (AvgIpc) is 2.85. The Bertz CT molecular complexity index is 417. The quantitative estimate of drug-likeness (QED) is 0.874. The molecule has 1 aromatic rings. The van der Waals surface area contributed by atoms with Crippen LogP contribution in [0.2, 0.25) is 5.02 Å². The van der Waals surface area contributed by atoms with Crippen molar-refractivity contribution in [2.75, 3.05) is 18.0 Å². The molecule has 0 amide bonds. The molecule has 0 bridgehead atoms. The van der Waals surface area contributed by atoms with Crippen LogP contribution in [0.5, 0.6) is 0 Å². The van der Waals surface area contributed by atoms with Gasteiger partial charge in [-0.1, -0.05) is 44.9 Å². The van der Waals surface area contributed by atoms with Gasteiger partial charge in [0.1, 0.15) is 0 Å². The van der Waals surface area contributed by atoms with Gasteiger partial charge in [0, 0.05) is 36.4 Å². The summed E-state index contributed by atoms with van der Waals surface area (Å²) in [5.41, 5.74) is 2.67. The van der Waals surface area contributed by atoms with Gasteiger partial charge in [-0.15, -0.1) is 0 Å². The van der Waals surface area contributed by atoms with E-state index in [9.17, 15) is 0 Å². The van der Waals surface area contributed by atoms with Gasteiger partial charge in [-0.3, -0.25) is 0 Å². The highest BCUT2D eigenvalue weighted by molar-refractivity contribution is 6.30. The fourth-order valence-corrected chi connectivity index (χ4v) is 2.85. The SMILES string of the molecule is CCC1CCN(c2cc(Cl)ccc2CNC(C)C)C1. The minimum atomic E-state index is 0.505. The highest BCUT2D eigenvalue weighted by Gasteiger charge is 2.23. The highest BCUT2D eigenvalue weighted by Crippen LogP contribution is 2.30. The molecule has 0 aliphatic carbocycles. The van der Waals surface area contributed by atoms with Crippen molar-refractivity contribution < 1.29 is 0 Å². The Labute approximate surface area is 122 Å². The third-order valence-electron chi connectivity index (χ3n) is 3.95. The fraction of sp³-hybridized carbons (Fsp3) is 0.625. The Morgan fingerprint density at radius 2 is 2.21 bits per heavy atom. The maximum absolute atomic E-state index is 6.18. The molecule has 2 rings (SSSR count). The van der Waals surface area contributed by atoms with Gasteiger partial charge in [0.2, 0.25) is 0 Å². The van der Waals surface area contributed by atoms with Crippen molar-refractivity contribution in [2.24, 2.45) is 5.92 Å². The zero-order valence-corrected chi connectivity index (χ0v) is 13.0. The number of nitrogens with one attached hydrogen (secondary N) is 1. The number of nitrogens with zero attached hydrogens (tertiary/aromatic N) is 1. The molecule has 106 valence electrons. The first kappa shape index (κ1) is 14.7. The van der Waals surface area contributed by atoms with Crippen LogP contribution in [0.3, 0.4) is 0 Å². The zero-order chi connectivity index (χ0) is 13.8. The third-order valence-corrected chi connectivity index (χ3v) is 4.19. The molecule has 2 nitrogen and oxygen atoms in total. The van der Waals surface area contributed by atoms with Crippen molar-refractivity contribution >= 4 is 17.3 Å². The summed E-state index contributed by atoms with van der Waals surface area (Å²) in [6, 6.07) is 6.78. The predicted molar refractivity (Wildman–Crippen MR) is 84.0 cm³/mol. The lowest BCUT2D eigenvalue weighted by atomic mass is 10.1. The van der Waals surface area contributed by atoms with Gasteiger partial charge < -0.3 is 10.2 Å². The Morgan fingerprint density at radius 1 is 1.42 bits per heavy atom. The number of hydrogen-bond donors (Lipinski definition) is 1. The number of halogens is 1. The van der Waals surface area contributed by atoms with Gasteiger partial charge >= 0.3 is 0 Å². The van der Waals surface area contributed by atoms with E-state index in [4.69, 9.17) is 11.6 Å². The van der Waals surface area contributed by atoms with Crippen LogP contribution in [0, 0.1) is 5.92 Å². The van der Waals surface area contributed by atoms with E-state index in [-0.39, 0.29) is 0 Å². The van der Waals surface area contributed by atoms with Gasteiger partial charge in [0.15, 0.2) is 0 Å². The van der Waals surface area contributed by atoms with Crippen LogP contribution in [0.4, 0.5) is 5.69 Å². The minimum Gasteiger partial charge on any atom is -0.371 e. The molecule has 19 heavy (non-hydrogen) atoms. The summed E-state index contributed by atoms with van der Waals surface area (Å²) < 4.78 is 0. The van der Waals surface area contributed by atoms with Crippen LogP contribution in [-0.2, 0) is 6.54 Å². The summed E-state index contributed by atoms with van der Waals surface area (Å²) in [4.78, 5) is 2.50. The van der Waals surface area contributed by atoms with Crippen LogP contribution < -0.4 is 10.2 Å². The van der Waals surface area contributed by atoms with Gasteiger partial charge in [-0.25, -0.2) is 0 Å². The third kappa shape index (κ3) is 3.87. The molecule has 3 heteroatoms. The second-order valence-electron chi connectivity index (χ2n) is 5.82. The van der Waals surface area contributed by atoms with Crippen LogP contribution in [0.1, 0.15) is 39.2 Å². The summed E-state index contributed by atoms with van der Waals surface area (Å²) in [7, 11) is 0. The first-order valence-corrected chi connectivity index (χ1v) is 7.74. The molecule has 0 aromatic heterocycles. The van der Waals surface area contributed by atoms with E-state index in [1.54, 1.807) is 0 Å². The van der Waals surface area contributed by atoms with Gasteiger partial charge in [-0.2, -0.15) is 0 Å². The standard InChI is InChI=1S/C16H25ClN2/c1-4-13-7-8-19(11-13)16-9-15(17)6-5-14(16)10-18-12(2)3/h5-6,9,12-13,18H,4,7-8,10-11H2,1-3H3. The minimum absolute atomic E-state index is 0.505. The van der Waals surface area contributed by atoms with Crippen LogP contribution in [0.25, 0.3) is 0 Å². The van der Waals surface area contributed by atoms with Crippen molar-refractivity contribution in [3.8, 4) is 0 Å². The highest BCUT2D eigenvalue weighted by atomic mass is 35.5. The first-order valence-electron chi connectivity index (χ1n) is 7.37. The Kier molecular flexibility index (Phi) is 5.12. The van der Waals surface area contributed by atoms with Crippen LogP contribution in [0.15, 0.2) is 18.2 Å². The smallest absolute Gasteiger partial charge is 0.0426 e. The summed E-state index contributed by atoms with van der Waals surface area (Å²) in [5, 5.41) is 4.34. The van der Waals surface area contributed by atoms with E-state index >= 15 is 0 Å². The van der Waals surface area contributed by atoms with E-state index in [1.165, 1.54) is 30.6 Å². The molecule has 1 aliphatic rings. The second kappa shape index (κ2) is 6.62. The van der Waals surface area contributed by atoms with E-state index in [2.05, 4.69) is 43.1 Å².